The van der Waals surface area contributed by atoms with E-state index in [0.29, 0.717) is 36.6 Å². The van der Waals surface area contributed by atoms with Crippen LogP contribution in [0.15, 0.2) is 42.5 Å². The van der Waals surface area contributed by atoms with Crippen molar-refractivity contribution in [1.29, 1.82) is 0 Å². The molecule has 0 aliphatic heterocycles. The van der Waals surface area contributed by atoms with Gasteiger partial charge in [-0.05, 0) is 61.5 Å². The Morgan fingerprint density at radius 1 is 0.947 bits per heavy atom. The number of hydrogen-bond acceptors (Lipinski definition) is 7. The van der Waals surface area contributed by atoms with E-state index in [4.69, 9.17) is 15.2 Å². The lowest BCUT2D eigenvalue weighted by Gasteiger charge is -2.17. The molecule has 0 saturated heterocycles. The molecule has 0 aliphatic carbocycles. The van der Waals surface area contributed by atoms with Crippen LogP contribution in [0.4, 0.5) is 5.69 Å². The van der Waals surface area contributed by atoms with Crippen LogP contribution in [0.1, 0.15) is 81.6 Å². The average Bonchev–Trinajstić information content (AvgIpc) is 2.93. The number of nitrogens with two attached hydrogens (primary N) is 1. The van der Waals surface area contributed by atoms with Crippen LogP contribution >= 0.6 is 0 Å². The molecule has 2 rings (SSSR count). The Labute approximate surface area is 228 Å². The van der Waals surface area contributed by atoms with Gasteiger partial charge in [-0.15, -0.1) is 0 Å². The fourth-order valence-electron chi connectivity index (χ4n) is 3.70. The first-order valence-corrected chi connectivity index (χ1v) is 13.7. The number of anilines is 1. The van der Waals surface area contributed by atoms with Crippen LogP contribution in [0.3, 0.4) is 0 Å². The summed E-state index contributed by atoms with van der Waals surface area (Å²) in [6, 6.07) is 11.8. The van der Waals surface area contributed by atoms with Gasteiger partial charge in [-0.3, -0.25) is 4.79 Å². The molecule has 0 bridgehead atoms. The summed E-state index contributed by atoms with van der Waals surface area (Å²) in [7, 11) is 1.51. The third-order valence-corrected chi connectivity index (χ3v) is 6.17. The highest BCUT2D eigenvalue weighted by Crippen LogP contribution is 2.26. The maximum absolute atomic E-state index is 11.7. The van der Waals surface area contributed by atoms with Gasteiger partial charge in [-0.2, -0.15) is 0 Å². The lowest BCUT2D eigenvalue weighted by molar-refractivity contribution is -0.121. The fraction of sp³-hybridized carbons (Fsp3) is 0.533. The lowest BCUT2D eigenvalue weighted by Crippen LogP contribution is -2.27. The first kappa shape index (κ1) is 32.8. The minimum Gasteiger partial charge on any atom is -0.504 e. The number of hydrogen-bond donors (Lipinski definition) is 3. The molecule has 0 spiro atoms. The van der Waals surface area contributed by atoms with E-state index in [1.807, 2.05) is 0 Å². The molecule has 38 heavy (non-hydrogen) atoms. The smallest absolute Gasteiger partial charge is 0.338 e. The quantitative estimate of drug-likeness (QED) is 0.149. The molecule has 0 atom stereocenters. The van der Waals surface area contributed by atoms with Gasteiger partial charge in [-0.25, -0.2) is 4.79 Å². The normalized spacial score (nSPS) is 10.4. The Morgan fingerprint density at radius 2 is 1.61 bits per heavy atom. The van der Waals surface area contributed by atoms with Crippen LogP contribution in [0.25, 0.3) is 0 Å². The van der Waals surface area contributed by atoms with Crippen molar-refractivity contribution in [2.75, 3.05) is 39.1 Å². The molecule has 0 unspecified atom stereocenters. The summed E-state index contributed by atoms with van der Waals surface area (Å²) in [5, 5.41) is 12.4. The van der Waals surface area contributed by atoms with Gasteiger partial charge in [0.25, 0.3) is 0 Å². The van der Waals surface area contributed by atoms with E-state index in [1.54, 1.807) is 42.5 Å². The third kappa shape index (κ3) is 13.9. The number of aromatic hydroxyl groups is 1. The summed E-state index contributed by atoms with van der Waals surface area (Å²) in [6.45, 7) is 9.97. The second-order valence-electron chi connectivity index (χ2n) is 9.09. The summed E-state index contributed by atoms with van der Waals surface area (Å²) < 4.78 is 10.2. The molecule has 0 radical (unpaired) electrons. The number of rotatable bonds is 16. The van der Waals surface area contributed by atoms with Gasteiger partial charge < -0.3 is 30.5 Å². The molecule has 2 aromatic rings. The number of benzene rings is 2. The van der Waals surface area contributed by atoms with Gasteiger partial charge in [0.1, 0.15) is 6.61 Å². The van der Waals surface area contributed by atoms with Crippen molar-refractivity contribution in [3.63, 3.8) is 0 Å². The van der Waals surface area contributed by atoms with Gasteiger partial charge in [0.05, 0.1) is 12.7 Å². The molecule has 0 heterocycles. The van der Waals surface area contributed by atoms with Crippen molar-refractivity contribution in [2.24, 2.45) is 0 Å². The molecule has 8 heteroatoms. The summed E-state index contributed by atoms with van der Waals surface area (Å²) in [6.07, 6.45) is 7.68. The predicted octanol–water partition coefficient (Wildman–Crippen LogP) is 5.54. The minimum atomic E-state index is -0.294. The maximum atomic E-state index is 11.7. The highest BCUT2D eigenvalue weighted by atomic mass is 16.5. The van der Waals surface area contributed by atoms with Crippen LogP contribution in [0, 0.1) is 0 Å². The molecule has 212 valence electrons. The Bertz CT molecular complexity index is 930. The number of methoxy groups -OCH3 is 1. The number of phenols is 1. The van der Waals surface area contributed by atoms with E-state index >= 15 is 0 Å². The number of amides is 1. The number of carbonyl (C=O) groups excluding carboxylic acids is 2. The summed E-state index contributed by atoms with van der Waals surface area (Å²) in [4.78, 5) is 25.6. The minimum absolute atomic E-state index is 0.0810. The number of unbranched alkanes of at least 4 members (excludes halogenated alkanes) is 5. The van der Waals surface area contributed by atoms with Crippen molar-refractivity contribution in [2.45, 2.75) is 72.3 Å². The number of nitrogens with one attached hydrogen (secondary N) is 1. The number of nitrogens with zero attached hydrogens (tertiary/aromatic N) is 1. The predicted molar refractivity (Wildman–Crippen MR) is 153 cm³/mol. The first-order valence-electron chi connectivity index (χ1n) is 13.7. The zero-order valence-corrected chi connectivity index (χ0v) is 23.6. The average molecular weight is 530 g/mol. The molecular formula is C30H47N3O5. The molecule has 4 N–H and O–H groups in total. The molecule has 0 fully saturated rings. The Morgan fingerprint density at radius 3 is 2.24 bits per heavy atom. The zero-order valence-electron chi connectivity index (χ0n) is 23.6. The second kappa shape index (κ2) is 19.8. The largest absolute Gasteiger partial charge is 0.504 e. The van der Waals surface area contributed by atoms with Gasteiger partial charge in [-0.1, -0.05) is 58.9 Å². The van der Waals surface area contributed by atoms with Crippen LogP contribution in [0.5, 0.6) is 11.5 Å². The monoisotopic (exact) mass is 529 g/mol. The van der Waals surface area contributed by atoms with Crippen molar-refractivity contribution in [3.8, 4) is 11.5 Å². The summed E-state index contributed by atoms with van der Waals surface area (Å²) >= 11 is 0. The number of likely N-dealkylation sites (N-methyl/N-ethyl adjacent to an activating group) is 1. The summed E-state index contributed by atoms with van der Waals surface area (Å²) in [5.41, 5.74) is 7.65. The van der Waals surface area contributed by atoms with Crippen LogP contribution in [-0.4, -0.2) is 55.2 Å². The van der Waals surface area contributed by atoms with E-state index in [2.05, 4.69) is 31.0 Å². The lowest BCUT2D eigenvalue weighted by atomic mass is 10.1. The van der Waals surface area contributed by atoms with Crippen molar-refractivity contribution < 1.29 is 24.2 Å². The molecule has 2 aromatic carbocycles. The van der Waals surface area contributed by atoms with Crippen molar-refractivity contribution >= 4 is 17.6 Å². The number of nitrogen functional groups attached to an aromatic ring is 1. The molecule has 0 saturated carbocycles. The van der Waals surface area contributed by atoms with Gasteiger partial charge in [0.2, 0.25) is 5.91 Å². The van der Waals surface area contributed by atoms with Crippen molar-refractivity contribution in [3.05, 3.63) is 53.6 Å². The standard InChI is InChI=1S/C17H27NO3.C13H20N2O2/c1-3-4-5-6-7-8-9-17(20)18-13-14-10-11-15(19)16(12-14)21-2;1-3-15(4-2)9-10-17-13(16)11-5-7-12(14)8-6-11/h10-12,19H,3-9,13H2,1-2H3,(H,18,20);5-8H,3-4,9-10,14H2,1-2H3. The Hall–Kier alpha value is -3.26. The molecule has 0 aromatic heterocycles. The Kier molecular flexibility index (Phi) is 17.1. The van der Waals surface area contributed by atoms with Crippen LogP contribution < -0.4 is 15.8 Å². The fourth-order valence-corrected chi connectivity index (χ4v) is 3.70. The Balaban J connectivity index is 0.000000389. The van der Waals surface area contributed by atoms with Crippen LogP contribution in [0.2, 0.25) is 0 Å². The van der Waals surface area contributed by atoms with E-state index in [9.17, 15) is 14.7 Å². The van der Waals surface area contributed by atoms with Crippen LogP contribution in [-0.2, 0) is 16.1 Å². The van der Waals surface area contributed by atoms with Gasteiger partial charge in [0.15, 0.2) is 11.5 Å². The SMILES string of the molecule is CCCCCCCCC(=O)NCc1ccc(O)c(OC)c1.CCN(CC)CCOC(=O)c1ccc(N)cc1. The van der Waals surface area contributed by atoms with E-state index < -0.39 is 0 Å². The van der Waals surface area contributed by atoms with Crippen molar-refractivity contribution in [1.82, 2.24) is 10.2 Å². The van der Waals surface area contributed by atoms with Gasteiger partial charge >= 0.3 is 5.97 Å². The third-order valence-electron chi connectivity index (χ3n) is 6.17. The van der Waals surface area contributed by atoms with E-state index in [-0.39, 0.29) is 17.6 Å². The molecule has 1 amide bonds. The topological polar surface area (TPSA) is 114 Å². The molecule has 8 nitrogen and oxygen atoms in total. The summed E-state index contributed by atoms with van der Waals surface area (Å²) in [5.74, 6) is 0.326. The first-order chi connectivity index (χ1) is 18.3. The number of phenolic OH excluding ortho intramolecular Hbond substituents is 1. The number of esters is 1. The molecular weight excluding hydrogens is 482 g/mol. The highest BCUT2D eigenvalue weighted by Gasteiger charge is 2.08. The van der Waals surface area contributed by atoms with E-state index in [0.717, 1.165) is 38.0 Å². The van der Waals surface area contributed by atoms with E-state index in [1.165, 1.54) is 32.8 Å². The molecule has 0 aliphatic rings. The number of carbonyl (C=O) groups is 2. The van der Waals surface area contributed by atoms with Gasteiger partial charge in [0, 0.05) is 25.2 Å². The number of ether oxygens (including phenoxy) is 2. The zero-order chi connectivity index (χ0) is 28.2. The highest BCUT2D eigenvalue weighted by molar-refractivity contribution is 5.89. The second-order valence-corrected chi connectivity index (χ2v) is 9.09. The maximum Gasteiger partial charge on any atom is 0.338 e.